The Hall–Kier alpha value is -0.570. The fourth-order valence-electron chi connectivity index (χ4n) is 2.18. The second-order valence-electron chi connectivity index (χ2n) is 4.40. The third-order valence-electron chi connectivity index (χ3n) is 3.13. The smallest absolute Gasteiger partial charge is 0.220 e. The number of hydrogen-bond donors (Lipinski definition) is 2. The molecule has 0 saturated heterocycles. The van der Waals surface area contributed by atoms with Crippen molar-refractivity contribution in [3.8, 4) is 0 Å². The lowest BCUT2D eigenvalue weighted by Crippen LogP contribution is -2.39. The highest BCUT2D eigenvalue weighted by atomic mass is 16.1. The first-order valence-corrected chi connectivity index (χ1v) is 5.31. The number of hydrogen-bond acceptors (Lipinski definition) is 2. The highest BCUT2D eigenvalue weighted by Crippen LogP contribution is 2.27. The van der Waals surface area contributed by atoms with Crippen LogP contribution in [0.3, 0.4) is 0 Å². The van der Waals surface area contributed by atoms with Crippen molar-refractivity contribution in [2.45, 2.75) is 50.6 Å². The van der Waals surface area contributed by atoms with Crippen molar-refractivity contribution >= 4 is 5.91 Å². The molecule has 0 spiro atoms. The topological polar surface area (TPSA) is 55.1 Å². The molecule has 74 valence electrons. The van der Waals surface area contributed by atoms with Crippen LogP contribution >= 0.6 is 0 Å². The van der Waals surface area contributed by atoms with E-state index in [9.17, 15) is 4.79 Å². The van der Waals surface area contributed by atoms with Crippen LogP contribution in [0.15, 0.2) is 0 Å². The van der Waals surface area contributed by atoms with Crippen molar-refractivity contribution in [1.29, 1.82) is 0 Å². The van der Waals surface area contributed by atoms with Gasteiger partial charge in [0.15, 0.2) is 0 Å². The van der Waals surface area contributed by atoms with Gasteiger partial charge in [-0.2, -0.15) is 0 Å². The van der Waals surface area contributed by atoms with Gasteiger partial charge in [0, 0.05) is 18.0 Å². The maximum Gasteiger partial charge on any atom is 0.220 e. The van der Waals surface area contributed by atoms with Gasteiger partial charge < -0.3 is 11.1 Å². The van der Waals surface area contributed by atoms with Gasteiger partial charge in [-0.1, -0.05) is 6.42 Å². The summed E-state index contributed by atoms with van der Waals surface area (Å²) >= 11 is 0. The summed E-state index contributed by atoms with van der Waals surface area (Å²) in [5.41, 5.74) is 5.31. The van der Waals surface area contributed by atoms with Crippen molar-refractivity contribution in [3.05, 3.63) is 0 Å². The predicted molar refractivity (Wildman–Crippen MR) is 51.1 cm³/mol. The lowest BCUT2D eigenvalue weighted by atomic mass is 9.85. The predicted octanol–water partition coefficient (Wildman–Crippen LogP) is 0.782. The van der Waals surface area contributed by atoms with Crippen LogP contribution in [0, 0.1) is 5.92 Å². The zero-order valence-corrected chi connectivity index (χ0v) is 7.96. The van der Waals surface area contributed by atoms with Gasteiger partial charge in [0.1, 0.15) is 0 Å². The van der Waals surface area contributed by atoms with Gasteiger partial charge in [-0.25, -0.2) is 0 Å². The van der Waals surface area contributed by atoms with Crippen molar-refractivity contribution < 1.29 is 4.79 Å². The molecule has 1 amide bonds. The summed E-state index contributed by atoms with van der Waals surface area (Å²) in [5.74, 6) is 0.0206. The molecular weight excluding hydrogens is 164 g/mol. The molecule has 0 bridgehead atoms. The van der Waals surface area contributed by atoms with E-state index in [1.54, 1.807) is 0 Å². The van der Waals surface area contributed by atoms with E-state index in [4.69, 9.17) is 5.73 Å². The molecule has 13 heavy (non-hydrogen) atoms. The van der Waals surface area contributed by atoms with Crippen LogP contribution in [0.1, 0.15) is 38.5 Å². The van der Waals surface area contributed by atoms with Gasteiger partial charge >= 0.3 is 0 Å². The second-order valence-corrected chi connectivity index (χ2v) is 4.40. The number of nitrogens with two attached hydrogens (primary N) is 1. The molecule has 0 aromatic heterocycles. The standard InChI is InChI=1S/C10H18N2O/c11-10(13)7-2-1-3-9(6-7)12-8-4-5-8/h7-9,12H,1-6H2,(H2,11,13). The molecule has 2 unspecified atom stereocenters. The van der Waals surface area contributed by atoms with Gasteiger partial charge in [-0.05, 0) is 32.1 Å². The van der Waals surface area contributed by atoms with E-state index in [0.717, 1.165) is 25.3 Å². The third-order valence-corrected chi connectivity index (χ3v) is 3.13. The molecule has 3 N–H and O–H groups in total. The molecule has 0 heterocycles. The minimum absolute atomic E-state index is 0.109. The molecule has 2 aliphatic rings. The van der Waals surface area contributed by atoms with Gasteiger partial charge in [0.25, 0.3) is 0 Å². The average molecular weight is 182 g/mol. The van der Waals surface area contributed by atoms with Crippen molar-refractivity contribution in [2.75, 3.05) is 0 Å². The zero-order chi connectivity index (χ0) is 9.26. The summed E-state index contributed by atoms with van der Waals surface area (Å²) in [6, 6.07) is 1.30. The third kappa shape index (κ3) is 2.44. The fraction of sp³-hybridized carbons (Fsp3) is 0.900. The number of amides is 1. The molecule has 3 nitrogen and oxygen atoms in total. The van der Waals surface area contributed by atoms with Gasteiger partial charge in [-0.15, -0.1) is 0 Å². The molecular formula is C10H18N2O. The van der Waals surface area contributed by atoms with Crippen LogP contribution in [-0.4, -0.2) is 18.0 Å². The van der Waals surface area contributed by atoms with Crippen LogP contribution in [0.5, 0.6) is 0 Å². The average Bonchev–Trinajstić information content (AvgIpc) is 2.89. The van der Waals surface area contributed by atoms with Crippen LogP contribution in [0.2, 0.25) is 0 Å². The Morgan fingerprint density at radius 1 is 1.15 bits per heavy atom. The molecule has 3 heteroatoms. The molecule has 2 fully saturated rings. The van der Waals surface area contributed by atoms with Gasteiger partial charge in [0.05, 0.1) is 0 Å². The van der Waals surface area contributed by atoms with Crippen molar-refractivity contribution in [2.24, 2.45) is 11.7 Å². The Bertz CT molecular complexity index is 201. The summed E-state index contributed by atoms with van der Waals surface area (Å²) < 4.78 is 0. The highest BCUT2D eigenvalue weighted by Gasteiger charge is 2.30. The Morgan fingerprint density at radius 3 is 2.54 bits per heavy atom. The molecule has 0 radical (unpaired) electrons. The summed E-state index contributed by atoms with van der Waals surface area (Å²) in [6.07, 6.45) is 6.97. The number of primary amides is 1. The first-order valence-electron chi connectivity index (χ1n) is 5.31. The van der Waals surface area contributed by atoms with E-state index in [1.165, 1.54) is 19.3 Å². The van der Waals surface area contributed by atoms with Crippen LogP contribution < -0.4 is 11.1 Å². The lowest BCUT2D eigenvalue weighted by Gasteiger charge is -2.28. The monoisotopic (exact) mass is 182 g/mol. The van der Waals surface area contributed by atoms with Gasteiger partial charge in [0.2, 0.25) is 5.91 Å². The van der Waals surface area contributed by atoms with E-state index in [-0.39, 0.29) is 11.8 Å². The number of carbonyl (C=O) groups excluding carboxylic acids is 1. The number of rotatable bonds is 3. The van der Waals surface area contributed by atoms with Crippen LogP contribution in [0.25, 0.3) is 0 Å². The van der Waals surface area contributed by atoms with Gasteiger partial charge in [-0.3, -0.25) is 4.79 Å². The molecule has 0 aromatic carbocycles. The zero-order valence-electron chi connectivity index (χ0n) is 7.96. The molecule has 2 atom stereocenters. The quantitative estimate of drug-likeness (QED) is 0.677. The first-order chi connectivity index (χ1) is 6.25. The van der Waals surface area contributed by atoms with Crippen molar-refractivity contribution in [1.82, 2.24) is 5.32 Å². The van der Waals surface area contributed by atoms with Crippen molar-refractivity contribution in [3.63, 3.8) is 0 Å². The maximum atomic E-state index is 11.0. The highest BCUT2D eigenvalue weighted by molar-refractivity contribution is 5.76. The Kier molecular flexibility index (Phi) is 2.54. The SMILES string of the molecule is NC(=O)C1CCCC(NC2CC2)C1. The Balaban J connectivity index is 1.80. The number of nitrogens with one attached hydrogen (secondary N) is 1. The summed E-state index contributed by atoms with van der Waals surface area (Å²) in [5, 5.41) is 3.57. The summed E-state index contributed by atoms with van der Waals surface area (Å²) in [6.45, 7) is 0. The fourth-order valence-corrected chi connectivity index (χ4v) is 2.18. The molecule has 2 aliphatic carbocycles. The van der Waals surface area contributed by atoms with Crippen LogP contribution in [0.4, 0.5) is 0 Å². The molecule has 0 aromatic rings. The Morgan fingerprint density at radius 2 is 1.92 bits per heavy atom. The number of carbonyl (C=O) groups is 1. The lowest BCUT2D eigenvalue weighted by molar-refractivity contribution is -0.122. The maximum absolute atomic E-state index is 11.0. The minimum Gasteiger partial charge on any atom is -0.369 e. The second kappa shape index (κ2) is 3.66. The largest absolute Gasteiger partial charge is 0.369 e. The normalized spacial score (nSPS) is 34.5. The Labute approximate surface area is 79.1 Å². The molecule has 2 rings (SSSR count). The molecule has 2 saturated carbocycles. The van der Waals surface area contributed by atoms with E-state index in [0.29, 0.717) is 6.04 Å². The van der Waals surface area contributed by atoms with Crippen LogP contribution in [-0.2, 0) is 4.79 Å². The first kappa shape index (κ1) is 9.00. The minimum atomic E-state index is -0.109. The van der Waals surface area contributed by atoms with E-state index in [2.05, 4.69) is 5.32 Å². The summed E-state index contributed by atoms with van der Waals surface area (Å²) in [4.78, 5) is 11.0. The molecule has 0 aliphatic heterocycles. The van der Waals surface area contributed by atoms with E-state index < -0.39 is 0 Å². The van der Waals surface area contributed by atoms with E-state index in [1.807, 2.05) is 0 Å². The summed E-state index contributed by atoms with van der Waals surface area (Å²) in [7, 11) is 0. The van der Waals surface area contributed by atoms with E-state index >= 15 is 0 Å².